The smallest absolute Gasteiger partial charge is 0.310 e. The van der Waals surface area contributed by atoms with Gasteiger partial charge in [-0.2, -0.15) is 0 Å². The molecule has 0 saturated heterocycles. The fourth-order valence-corrected chi connectivity index (χ4v) is 2.54. The van der Waals surface area contributed by atoms with Crippen molar-refractivity contribution >= 4 is 11.9 Å². The summed E-state index contributed by atoms with van der Waals surface area (Å²) in [6, 6.07) is 7.50. The van der Waals surface area contributed by atoms with E-state index in [0.29, 0.717) is 5.75 Å². The lowest BCUT2D eigenvalue weighted by Gasteiger charge is -2.12. The van der Waals surface area contributed by atoms with Gasteiger partial charge in [-0.25, -0.2) is 0 Å². The van der Waals surface area contributed by atoms with E-state index in [1.165, 1.54) is 0 Å². The van der Waals surface area contributed by atoms with Crippen LogP contribution in [0, 0.1) is 0 Å². The molecule has 0 radical (unpaired) electrons. The van der Waals surface area contributed by atoms with Crippen molar-refractivity contribution in [1.29, 1.82) is 0 Å². The predicted octanol–water partition coefficient (Wildman–Crippen LogP) is 1.84. The molecule has 0 bridgehead atoms. The van der Waals surface area contributed by atoms with Crippen LogP contribution in [0.25, 0.3) is 0 Å². The minimum Gasteiger partial charge on any atom is -0.496 e. The molecule has 1 N–H and O–H groups in total. The topological polar surface area (TPSA) is 64.6 Å². The number of rotatable bonds is 6. The number of ether oxygens (including phenoxy) is 2. The lowest BCUT2D eigenvalue weighted by Crippen LogP contribution is -2.36. The molecule has 1 fully saturated rings. The molecule has 0 aliphatic heterocycles. The number of esters is 1. The number of amides is 1. The van der Waals surface area contributed by atoms with Crippen LogP contribution in [0.4, 0.5) is 0 Å². The monoisotopic (exact) mass is 291 g/mol. The van der Waals surface area contributed by atoms with Crippen LogP contribution in [0.2, 0.25) is 0 Å². The summed E-state index contributed by atoms with van der Waals surface area (Å²) in [5.41, 5.74) is 0.751. The van der Waals surface area contributed by atoms with E-state index in [-0.39, 0.29) is 25.0 Å². The third-order valence-electron chi connectivity index (χ3n) is 3.61. The highest BCUT2D eigenvalue weighted by atomic mass is 16.5. The van der Waals surface area contributed by atoms with Gasteiger partial charge in [0.15, 0.2) is 6.61 Å². The quantitative estimate of drug-likeness (QED) is 0.812. The average molecular weight is 291 g/mol. The summed E-state index contributed by atoms with van der Waals surface area (Å²) in [5.74, 6) is -0.0128. The molecule has 1 aromatic carbocycles. The molecule has 0 spiro atoms. The zero-order valence-corrected chi connectivity index (χ0v) is 12.3. The first-order valence-corrected chi connectivity index (χ1v) is 7.26. The Balaban J connectivity index is 1.75. The Hall–Kier alpha value is -2.04. The Morgan fingerprint density at radius 2 is 1.95 bits per heavy atom. The lowest BCUT2D eigenvalue weighted by atomic mass is 10.1. The first-order chi connectivity index (χ1) is 10.2. The van der Waals surface area contributed by atoms with E-state index in [0.717, 1.165) is 31.2 Å². The fraction of sp³-hybridized carbons (Fsp3) is 0.500. The maximum atomic E-state index is 11.8. The van der Waals surface area contributed by atoms with Crippen LogP contribution in [-0.4, -0.2) is 31.6 Å². The van der Waals surface area contributed by atoms with Crippen LogP contribution >= 0.6 is 0 Å². The summed E-state index contributed by atoms with van der Waals surface area (Å²) >= 11 is 0. The zero-order chi connectivity index (χ0) is 15.1. The largest absolute Gasteiger partial charge is 0.496 e. The van der Waals surface area contributed by atoms with Crippen LogP contribution in [0.15, 0.2) is 24.3 Å². The van der Waals surface area contributed by atoms with Crippen LogP contribution in [0.3, 0.4) is 0 Å². The van der Waals surface area contributed by atoms with Crippen molar-refractivity contribution in [1.82, 2.24) is 5.32 Å². The molecule has 5 nitrogen and oxygen atoms in total. The predicted molar refractivity (Wildman–Crippen MR) is 78.1 cm³/mol. The number of nitrogens with one attached hydrogen (secondary N) is 1. The fourth-order valence-electron chi connectivity index (χ4n) is 2.54. The molecule has 0 aromatic heterocycles. The van der Waals surface area contributed by atoms with Gasteiger partial charge >= 0.3 is 5.97 Å². The summed E-state index contributed by atoms with van der Waals surface area (Å²) < 4.78 is 10.2. The van der Waals surface area contributed by atoms with E-state index in [2.05, 4.69) is 5.32 Å². The summed E-state index contributed by atoms with van der Waals surface area (Å²) in [6.07, 6.45) is 4.43. The Morgan fingerprint density at radius 3 is 2.67 bits per heavy atom. The Kier molecular flexibility index (Phi) is 5.60. The van der Waals surface area contributed by atoms with Crippen LogP contribution in [-0.2, 0) is 20.7 Å². The van der Waals surface area contributed by atoms with Gasteiger partial charge < -0.3 is 14.8 Å². The molecule has 1 aliphatic rings. The van der Waals surface area contributed by atoms with E-state index in [1.54, 1.807) is 19.2 Å². The third-order valence-corrected chi connectivity index (χ3v) is 3.61. The molecule has 0 atom stereocenters. The highest BCUT2D eigenvalue weighted by Gasteiger charge is 2.18. The van der Waals surface area contributed by atoms with Crippen molar-refractivity contribution in [2.45, 2.75) is 38.1 Å². The molecule has 1 aromatic rings. The summed E-state index contributed by atoms with van der Waals surface area (Å²) in [5, 5.41) is 2.88. The number of para-hydroxylation sites is 1. The summed E-state index contributed by atoms with van der Waals surface area (Å²) in [6.45, 7) is -0.218. The number of hydrogen-bond acceptors (Lipinski definition) is 4. The highest BCUT2D eigenvalue weighted by Crippen LogP contribution is 2.18. The maximum Gasteiger partial charge on any atom is 0.310 e. The standard InChI is InChI=1S/C16H21NO4/c1-20-14-9-5-2-6-12(14)10-16(19)21-11-15(18)17-13-7-3-4-8-13/h2,5-6,9,13H,3-4,7-8,10-11H2,1H3,(H,17,18). The molecule has 5 heteroatoms. The minimum absolute atomic E-state index is 0.0979. The second-order valence-electron chi connectivity index (χ2n) is 5.20. The SMILES string of the molecule is COc1ccccc1CC(=O)OCC(=O)NC1CCCC1. The Labute approximate surface area is 124 Å². The highest BCUT2D eigenvalue weighted by molar-refractivity contribution is 5.81. The van der Waals surface area contributed by atoms with Gasteiger partial charge in [-0.3, -0.25) is 9.59 Å². The molecule has 0 unspecified atom stereocenters. The van der Waals surface area contributed by atoms with Crippen LogP contribution < -0.4 is 10.1 Å². The van der Waals surface area contributed by atoms with E-state index >= 15 is 0 Å². The van der Waals surface area contributed by atoms with Crippen molar-refractivity contribution in [3.8, 4) is 5.75 Å². The van der Waals surface area contributed by atoms with Crippen LogP contribution in [0.5, 0.6) is 5.75 Å². The van der Waals surface area contributed by atoms with Crippen molar-refractivity contribution in [3.63, 3.8) is 0 Å². The van der Waals surface area contributed by atoms with Gasteiger partial charge in [-0.15, -0.1) is 0 Å². The number of benzene rings is 1. The molecular formula is C16H21NO4. The van der Waals surface area contributed by atoms with E-state index in [4.69, 9.17) is 9.47 Å². The number of carbonyl (C=O) groups excluding carboxylic acids is 2. The first-order valence-electron chi connectivity index (χ1n) is 7.26. The second-order valence-corrected chi connectivity index (χ2v) is 5.20. The molecule has 1 saturated carbocycles. The minimum atomic E-state index is -0.430. The Bertz CT molecular complexity index is 495. The molecule has 114 valence electrons. The van der Waals surface area contributed by atoms with E-state index < -0.39 is 5.97 Å². The normalized spacial score (nSPS) is 14.7. The maximum absolute atomic E-state index is 11.8. The summed E-state index contributed by atoms with van der Waals surface area (Å²) in [7, 11) is 1.55. The number of carbonyl (C=O) groups is 2. The van der Waals surface area contributed by atoms with E-state index in [9.17, 15) is 9.59 Å². The number of hydrogen-bond donors (Lipinski definition) is 1. The molecule has 2 rings (SSSR count). The zero-order valence-electron chi connectivity index (χ0n) is 12.3. The summed E-state index contributed by atoms with van der Waals surface area (Å²) in [4.78, 5) is 23.4. The first kappa shape index (κ1) is 15.4. The molecule has 0 heterocycles. The molecule has 1 amide bonds. The third kappa shape index (κ3) is 4.77. The van der Waals surface area contributed by atoms with Crippen molar-refractivity contribution in [2.24, 2.45) is 0 Å². The van der Waals surface area contributed by atoms with Crippen molar-refractivity contribution in [3.05, 3.63) is 29.8 Å². The lowest BCUT2D eigenvalue weighted by molar-refractivity contribution is -0.148. The van der Waals surface area contributed by atoms with Gasteiger partial charge in [0.1, 0.15) is 5.75 Å². The average Bonchev–Trinajstić information content (AvgIpc) is 2.98. The molecule has 1 aliphatic carbocycles. The van der Waals surface area contributed by atoms with Gasteiger partial charge in [-0.1, -0.05) is 31.0 Å². The van der Waals surface area contributed by atoms with Gasteiger partial charge in [0.25, 0.3) is 5.91 Å². The van der Waals surface area contributed by atoms with Gasteiger partial charge in [0.2, 0.25) is 0 Å². The second kappa shape index (κ2) is 7.67. The Morgan fingerprint density at radius 1 is 1.24 bits per heavy atom. The molecule has 21 heavy (non-hydrogen) atoms. The van der Waals surface area contributed by atoms with Crippen molar-refractivity contribution < 1.29 is 19.1 Å². The van der Waals surface area contributed by atoms with Gasteiger partial charge in [0.05, 0.1) is 13.5 Å². The van der Waals surface area contributed by atoms with Gasteiger partial charge in [-0.05, 0) is 18.9 Å². The van der Waals surface area contributed by atoms with Crippen molar-refractivity contribution in [2.75, 3.05) is 13.7 Å². The number of methoxy groups -OCH3 is 1. The van der Waals surface area contributed by atoms with Crippen LogP contribution in [0.1, 0.15) is 31.2 Å². The van der Waals surface area contributed by atoms with Gasteiger partial charge in [0, 0.05) is 11.6 Å². The van der Waals surface area contributed by atoms with E-state index in [1.807, 2.05) is 12.1 Å². The molecular weight excluding hydrogens is 270 g/mol.